The van der Waals surface area contributed by atoms with E-state index in [1.807, 2.05) is 13.8 Å². The number of carbonyl (C=O) groups excluding carboxylic acids is 1. The molecule has 10 heavy (non-hydrogen) atoms. The lowest BCUT2D eigenvalue weighted by atomic mass is 9.65. The molecular formula is C7H14BNO. The Kier molecular flexibility index (Phi) is 2.66. The highest BCUT2D eigenvalue weighted by Crippen LogP contribution is 2.27. The lowest BCUT2D eigenvalue weighted by molar-refractivity contribution is -0.110. The van der Waals surface area contributed by atoms with Crippen LogP contribution >= 0.6 is 0 Å². The number of nitrogens with two attached hydrogens (primary N) is 1. The zero-order valence-electron chi connectivity index (χ0n) is 6.85. The van der Waals surface area contributed by atoms with Crippen LogP contribution in [0.25, 0.3) is 0 Å². The van der Waals surface area contributed by atoms with Crippen LogP contribution in [0.5, 0.6) is 0 Å². The number of rotatable bonds is 3. The van der Waals surface area contributed by atoms with E-state index >= 15 is 0 Å². The predicted octanol–water partition coefficient (Wildman–Crippen LogP) is 0.660. The molecule has 3 heteroatoms. The van der Waals surface area contributed by atoms with Gasteiger partial charge in [0.25, 0.3) is 0 Å². The number of carbonyl (C=O) groups is 1. The standard InChI is InChI=1S/C7H14BNO/c1-6(2,9)4-7(3,8)5-10/h5H,4,9H2,1-3H3. The maximum Gasteiger partial charge on any atom is 0.117 e. The molecule has 0 fully saturated rings. The Morgan fingerprint density at radius 3 is 2.00 bits per heavy atom. The van der Waals surface area contributed by atoms with Gasteiger partial charge in [0.2, 0.25) is 0 Å². The van der Waals surface area contributed by atoms with Gasteiger partial charge in [0.05, 0.1) is 7.85 Å². The van der Waals surface area contributed by atoms with Gasteiger partial charge >= 0.3 is 0 Å². The highest BCUT2D eigenvalue weighted by molar-refractivity contribution is 6.23. The van der Waals surface area contributed by atoms with Crippen LogP contribution < -0.4 is 5.73 Å². The van der Waals surface area contributed by atoms with Crippen molar-refractivity contribution in [3.63, 3.8) is 0 Å². The molecule has 0 aromatic carbocycles. The predicted molar refractivity (Wildman–Crippen MR) is 43.1 cm³/mol. The first kappa shape index (κ1) is 9.69. The SMILES string of the molecule is [B]C(C)(C=O)CC(C)(C)N. The third-order valence-corrected chi connectivity index (χ3v) is 1.11. The zero-order chi connectivity index (χ0) is 8.41. The number of aldehydes is 1. The fourth-order valence-electron chi connectivity index (χ4n) is 1.02. The maximum absolute atomic E-state index is 10.3. The van der Waals surface area contributed by atoms with Gasteiger partial charge in [-0.1, -0.05) is 6.92 Å². The minimum atomic E-state index is -0.780. The second-order valence-electron chi connectivity index (χ2n) is 3.79. The summed E-state index contributed by atoms with van der Waals surface area (Å²) in [5.74, 6) is 0. The zero-order valence-corrected chi connectivity index (χ0v) is 6.85. The van der Waals surface area contributed by atoms with Crippen LogP contribution in [-0.4, -0.2) is 19.7 Å². The Balaban J connectivity index is 4.01. The van der Waals surface area contributed by atoms with Crippen LogP contribution in [0.2, 0.25) is 5.31 Å². The van der Waals surface area contributed by atoms with Crippen molar-refractivity contribution < 1.29 is 4.79 Å². The van der Waals surface area contributed by atoms with E-state index in [1.165, 1.54) is 0 Å². The average Bonchev–Trinajstić information content (AvgIpc) is 1.60. The average molecular weight is 139 g/mol. The summed E-state index contributed by atoms with van der Waals surface area (Å²) < 4.78 is 0. The first-order chi connectivity index (χ1) is 4.27. The van der Waals surface area contributed by atoms with E-state index in [-0.39, 0.29) is 5.54 Å². The topological polar surface area (TPSA) is 43.1 Å². The van der Waals surface area contributed by atoms with Crippen molar-refractivity contribution in [1.29, 1.82) is 0 Å². The van der Waals surface area contributed by atoms with Gasteiger partial charge in [0.15, 0.2) is 0 Å². The van der Waals surface area contributed by atoms with Crippen molar-refractivity contribution in [3.8, 4) is 0 Å². The molecule has 0 amide bonds. The second-order valence-corrected chi connectivity index (χ2v) is 3.79. The molecule has 0 spiro atoms. The van der Waals surface area contributed by atoms with E-state index in [4.69, 9.17) is 13.6 Å². The van der Waals surface area contributed by atoms with Crippen LogP contribution in [0.15, 0.2) is 0 Å². The molecule has 0 aromatic heterocycles. The molecule has 0 aliphatic rings. The van der Waals surface area contributed by atoms with Gasteiger partial charge in [-0.05, 0) is 25.6 Å². The Morgan fingerprint density at radius 1 is 1.50 bits per heavy atom. The first-order valence-electron chi connectivity index (χ1n) is 3.31. The van der Waals surface area contributed by atoms with Crippen LogP contribution in [0.3, 0.4) is 0 Å². The van der Waals surface area contributed by atoms with Gasteiger partial charge in [0, 0.05) is 5.54 Å². The van der Waals surface area contributed by atoms with Crippen molar-refractivity contribution >= 4 is 14.1 Å². The highest BCUT2D eigenvalue weighted by atomic mass is 16.1. The smallest absolute Gasteiger partial charge is 0.117 e. The molecule has 2 N–H and O–H groups in total. The minimum Gasteiger partial charge on any atom is -0.326 e. The Morgan fingerprint density at radius 2 is 1.90 bits per heavy atom. The quantitative estimate of drug-likeness (QED) is 0.461. The van der Waals surface area contributed by atoms with Crippen LogP contribution in [0.1, 0.15) is 27.2 Å². The van der Waals surface area contributed by atoms with Gasteiger partial charge < -0.3 is 10.5 Å². The van der Waals surface area contributed by atoms with E-state index in [0.717, 1.165) is 6.29 Å². The summed E-state index contributed by atoms with van der Waals surface area (Å²) in [5, 5.41) is -0.780. The second kappa shape index (κ2) is 2.75. The first-order valence-corrected chi connectivity index (χ1v) is 3.31. The van der Waals surface area contributed by atoms with E-state index < -0.39 is 5.31 Å². The molecule has 56 valence electrons. The molecule has 0 heterocycles. The molecule has 0 aliphatic carbocycles. The molecular weight excluding hydrogens is 125 g/mol. The van der Waals surface area contributed by atoms with E-state index in [2.05, 4.69) is 0 Å². The molecule has 2 nitrogen and oxygen atoms in total. The fraction of sp³-hybridized carbons (Fsp3) is 0.857. The fourth-order valence-corrected chi connectivity index (χ4v) is 1.02. The van der Waals surface area contributed by atoms with Gasteiger partial charge in [-0.3, -0.25) is 0 Å². The molecule has 0 aromatic rings. The molecule has 0 aliphatic heterocycles. The van der Waals surface area contributed by atoms with Gasteiger partial charge in [-0.2, -0.15) is 0 Å². The number of hydrogen-bond donors (Lipinski definition) is 1. The third-order valence-electron chi connectivity index (χ3n) is 1.11. The van der Waals surface area contributed by atoms with Gasteiger partial charge in [-0.15, -0.1) is 0 Å². The van der Waals surface area contributed by atoms with Crippen molar-refractivity contribution in [2.75, 3.05) is 0 Å². The molecule has 1 unspecified atom stereocenters. The van der Waals surface area contributed by atoms with Crippen LogP contribution in [0, 0.1) is 0 Å². The molecule has 1 atom stereocenters. The normalized spacial score (nSPS) is 18.0. The lowest BCUT2D eigenvalue weighted by Crippen LogP contribution is -2.36. The monoisotopic (exact) mass is 139 g/mol. The Hall–Kier alpha value is -0.305. The van der Waals surface area contributed by atoms with E-state index in [0.29, 0.717) is 6.42 Å². The summed E-state index contributed by atoms with van der Waals surface area (Å²) in [6.45, 7) is 5.37. The molecule has 2 radical (unpaired) electrons. The minimum absolute atomic E-state index is 0.371. The van der Waals surface area contributed by atoms with Gasteiger partial charge in [-0.25, -0.2) is 0 Å². The van der Waals surface area contributed by atoms with Crippen LogP contribution in [0.4, 0.5) is 0 Å². The van der Waals surface area contributed by atoms with E-state index in [1.54, 1.807) is 6.92 Å². The number of hydrogen-bond acceptors (Lipinski definition) is 2. The summed E-state index contributed by atoms with van der Waals surface area (Å²) >= 11 is 0. The maximum atomic E-state index is 10.3. The van der Waals surface area contributed by atoms with Crippen molar-refractivity contribution in [2.45, 2.75) is 38.0 Å². The molecule has 0 bridgehead atoms. The van der Waals surface area contributed by atoms with Crippen LogP contribution in [-0.2, 0) is 4.79 Å². The molecule has 0 rings (SSSR count). The lowest BCUT2D eigenvalue weighted by Gasteiger charge is -2.27. The summed E-state index contributed by atoms with van der Waals surface area (Å²) in [7, 11) is 5.55. The summed E-state index contributed by atoms with van der Waals surface area (Å²) in [4.78, 5) is 10.3. The Labute approximate surface area is 63.6 Å². The summed E-state index contributed by atoms with van der Waals surface area (Å²) in [6.07, 6.45) is 1.24. The third kappa shape index (κ3) is 4.56. The Bertz CT molecular complexity index is 126. The highest BCUT2D eigenvalue weighted by Gasteiger charge is 2.24. The largest absolute Gasteiger partial charge is 0.326 e. The summed E-state index contributed by atoms with van der Waals surface area (Å²) in [6, 6.07) is 0. The van der Waals surface area contributed by atoms with Crippen molar-refractivity contribution in [2.24, 2.45) is 5.73 Å². The van der Waals surface area contributed by atoms with Gasteiger partial charge in [0.1, 0.15) is 6.29 Å². The molecule has 0 saturated heterocycles. The van der Waals surface area contributed by atoms with E-state index in [9.17, 15) is 4.79 Å². The summed E-state index contributed by atoms with van der Waals surface area (Å²) in [5.41, 5.74) is 5.29. The van der Waals surface area contributed by atoms with Crippen molar-refractivity contribution in [3.05, 3.63) is 0 Å². The molecule has 0 saturated carbocycles. The van der Waals surface area contributed by atoms with Crippen molar-refractivity contribution in [1.82, 2.24) is 0 Å².